The fourth-order valence-corrected chi connectivity index (χ4v) is 2.72. The van der Waals surface area contributed by atoms with E-state index in [4.69, 9.17) is 0 Å². The molecule has 0 amide bonds. The summed E-state index contributed by atoms with van der Waals surface area (Å²) in [5.74, 6) is 1.10. The predicted molar refractivity (Wildman–Crippen MR) is 74.6 cm³/mol. The number of aliphatic hydroxyl groups excluding tert-OH is 1. The van der Waals surface area contributed by atoms with Crippen LogP contribution >= 0.6 is 0 Å². The molecule has 2 unspecified atom stereocenters. The van der Waals surface area contributed by atoms with Gasteiger partial charge >= 0.3 is 0 Å². The van der Waals surface area contributed by atoms with Crippen molar-refractivity contribution in [1.82, 2.24) is 20.3 Å². The Morgan fingerprint density at radius 2 is 2.11 bits per heavy atom. The summed E-state index contributed by atoms with van der Waals surface area (Å²) in [6.45, 7) is 8.39. The molecular formula is C14H26N4O. The molecule has 2 N–H and O–H groups in total. The molecule has 0 radical (unpaired) electrons. The number of nitrogens with one attached hydrogen (secondary N) is 1. The zero-order chi connectivity index (χ0) is 13.9. The Balaban J connectivity index is 1.78. The van der Waals surface area contributed by atoms with Crippen LogP contribution in [0.5, 0.6) is 0 Å². The Morgan fingerprint density at radius 1 is 1.37 bits per heavy atom. The predicted octanol–water partition coefficient (Wildman–Crippen LogP) is 1.53. The highest BCUT2D eigenvalue weighted by Gasteiger charge is 2.26. The largest absolute Gasteiger partial charge is 0.396 e. The first kappa shape index (κ1) is 14.5. The summed E-state index contributed by atoms with van der Waals surface area (Å²) in [5, 5.41) is 21.1. The molecule has 1 aliphatic rings. The van der Waals surface area contributed by atoms with Crippen LogP contribution in [0.15, 0.2) is 6.20 Å². The zero-order valence-corrected chi connectivity index (χ0v) is 12.3. The fourth-order valence-electron chi connectivity index (χ4n) is 2.72. The average molecular weight is 266 g/mol. The van der Waals surface area contributed by atoms with E-state index in [1.165, 1.54) is 19.3 Å². The van der Waals surface area contributed by atoms with Crippen molar-refractivity contribution in [3.8, 4) is 0 Å². The van der Waals surface area contributed by atoms with Gasteiger partial charge in [-0.05, 0) is 52.0 Å². The van der Waals surface area contributed by atoms with Crippen LogP contribution in [-0.4, -0.2) is 33.3 Å². The summed E-state index contributed by atoms with van der Waals surface area (Å²) in [7, 11) is 0. The van der Waals surface area contributed by atoms with Gasteiger partial charge in [0.15, 0.2) is 0 Å². The van der Waals surface area contributed by atoms with E-state index in [1.54, 1.807) is 0 Å². The number of nitrogens with zero attached hydrogens (tertiary/aromatic N) is 3. The summed E-state index contributed by atoms with van der Waals surface area (Å²) in [6.07, 6.45) is 5.65. The van der Waals surface area contributed by atoms with Crippen molar-refractivity contribution in [3.63, 3.8) is 0 Å². The van der Waals surface area contributed by atoms with Crippen molar-refractivity contribution >= 4 is 0 Å². The lowest BCUT2D eigenvalue weighted by Gasteiger charge is -2.18. The van der Waals surface area contributed by atoms with Gasteiger partial charge in [-0.3, -0.25) is 0 Å². The van der Waals surface area contributed by atoms with Gasteiger partial charge in [-0.15, -0.1) is 5.10 Å². The van der Waals surface area contributed by atoms with E-state index in [-0.39, 0.29) is 5.54 Å². The molecule has 0 saturated heterocycles. The molecule has 2 rings (SSSR count). The first-order chi connectivity index (χ1) is 9.00. The van der Waals surface area contributed by atoms with Gasteiger partial charge in [0.05, 0.1) is 17.4 Å². The fraction of sp³-hybridized carbons (Fsp3) is 0.857. The smallest absolute Gasteiger partial charge is 0.0965 e. The minimum atomic E-state index is -0.0152. The minimum Gasteiger partial charge on any atom is -0.396 e. The molecule has 1 aromatic heterocycles. The maximum atomic E-state index is 9.29. The first-order valence-electron chi connectivity index (χ1n) is 7.24. The summed E-state index contributed by atoms with van der Waals surface area (Å²) < 4.78 is 1.90. The number of hydrogen-bond donors (Lipinski definition) is 2. The van der Waals surface area contributed by atoms with Crippen molar-refractivity contribution in [3.05, 3.63) is 11.9 Å². The van der Waals surface area contributed by atoms with E-state index in [0.717, 1.165) is 18.8 Å². The quantitative estimate of drug-likeness (QED) is 0.848. The van der Waals surface area contributed by atoms with Crippen LogP contribution in [0.25, 0.3) is 0 Å². The molecule has 1 heterocycles. The summed E-state index contributed by atoms with van der Waals surface area (Å²) in [5.41, 5.74) is 0.965. The van der Waals surface area contributed by atoms with E-state index in [1.807, 2.05) is 10.9 Å². The van der Waals surface area contributed by atoms with Gasteiger partial charge in [-0.2, -0.15) is 0 Å². The molecule has 1 aliphatic carbocycles. The van der Waals surface area contributed by atoms with Crippen LogP contribution in [-0.2, 0) is 12.1 Å². The van der Waals surface area contributed by atoms with Gasteiger partial charge in [0.25, 0.3) is 0 Å². The van der Waals surface area contributed by atoms with Gasteiger partial charge in [-0.1, -0.05) is 11.6 Å². The zero-order valence-electron chi connectivity index (χ0n) is 12.3. The summed E-state index contributed by atoms with van der Waals surface area (Å²) in [6, 6.07) is 0. The van der Waals surface area contributed by atoms with Crippen molar-refractivity contribution in [1.29, 1.82) is 0 Å². The van der Waals surface area contributed by atoms with Crippen LogP contribution in [0, 0.1) is 11.8 Å². The monoisotopic (exact) mass is 266 g/mol. The third kappa shape index (κ3) is 3.76. The molecule has 1 saturated carbocycles. The van der Waals surface area contributed by atoms with Crippen molar-refractivity contribution in [2.24, 2.45) is 11.8 Å². The van der Waals surface area contributed by atoms with Crippen LogP contribution < -0.4 is 5.32 Å². The minimum absolute atomic E-state index is 0.0152. The van der Waals surface area contributed by atoms with Crippen molar-refractivity contribution in [2.45, 2.75) is 52.1 Å². The standard InChI is InChI=1S/C14H26N4O/c1-14(2,3)18-9-13(16-17-18)8-15-7-11-5-4-6-12(11)10-19/h9,11-12,15,19H,4-8,10H2,1-3H3. The topological polar surface area (TPSA) is 63.0 Å². The maximum absolute atomic E-state index is 9.29. The molecule has 0 bridgehead atoms. The average Bonchev–Trinajstić information content (AvgIpc) is 2.96. The molecule has 2 atom stereocenters. The van der Waals surface area contributed by atoms with E-state index in [2.05, 4.69) is 36.4 Å². The second kappa shape index (κ2) is 6.01. The van der Waals surface area contributed by atoms with Crippen LogP contribution in [0.2, 0.25) is 0 Å². The second-order valence-electron chi connectivity index (χ2n) is 6.59. The molecule has 0 aliphatic heterocycles. The van der Waals surface area contributed by atoms with Gasteiger partial charge in [0.2, 0.25) is 0 Å². The SMILES string of the molecule is CC(C)(C)n1cc(CNCC2CCCC2CO)nn1. The van der Waals surface area contributed by atoms with E-state index >= 15 is 0 Å². The van der Waals surface area contributed by atoms with Crippen molar-refractivity contribution < 1.29 is 5.11 Å². The third-order valence-electron chi connectivity index (χ3n) is 3.99. The molecule has 19 heavy (non-hydrogen) atoms. The van der Waals surface area contributed by atoms with E-state index in [0.29, 0.717) is 18.4 Å². The lowest BCUT2D eigenvalue weighted by atomic mass is 9.97. The Hall–Kier alpha value is -0.940. The van der Waals surface area contributed by atoms with Crippen molar-refractivity contribution in [2.75, 3.05) is 13.2 Å². The van der Waals surface area contributed by atoms with E-state index < -0.39 is 0 Å². The maximum Gasteiger partial charge on any atom is 0.0965 e. The number of rotatable bonds is 5. The molecule has 0 spiro atoms. The Morgan fingerprint density at radius 3 is 2.74 bits per heavy atom. The van der Waals surface area contributed by atoms with Crippen LogP contribution in [0.4, 0.5) is 0 Å². The molecule has 1 aromatic rings. The first-order valence-corrected chi connectivity index (χ1v) is 7.24. The highest BCUT2D eigenvalue weighted by Crippen LogP contribution is 2.30. The molecule has 5 heteroatoms. The van der Waals surface area contributed by atoms with Crippen LogP contribution in [0.1, 0.15) is 45.7 Å². The van der Waals surface area contributed by atoms with E-state index in [9.17, 15) is 5.11 Å². The number of aliphatic hydroxyl groups is 1. The number of aromatic nitrogens is 3. The highest BCUT2D eigenvalue weighted by molar-refractivity contribution is 4.94. The second-order valence-corrected chi connectivity index (χ2v) is 6.59. The molecule has 0 aromatic carbocycles. The Labute approximate surface area is 115 Å². The summed E-state index contributed by atoms with van der Waals surface area (Å²) in [4.78, 5) is 0. The highest BCUT2D eigenvalue weighted by atomic mass is 16.3. The van der Waals surface area contributed by atoms with Gasteiger partial charge in [-0.25, -0.2) is 4.68 Å². The molecule has 5 nitrogen and oxygen atoms in total. The third-order valence-corrected chi connectivity index (χ3v) is 3.99. The Kier molecular flexibility index (Phi) is 4.58. The van der Waals surface area contributed by atoms with Gasteiger partial charge in [0, 0.05) is 13.2 Å². The summed E-state index contributed by atoms with van der Waals surface area (Å²) >= 11 is 0. The van der Waals surface area contributed by atoms with Gasteiger partial charge in [0.1, 0.15) is 0 Å². The Bertz CT molecular complexity index is 396. The molecule has 108 valence electrons. The normalized spacial score (nSPS) is 24.0. The lowest BCUT2D eigenvalue weighted by Crippen LogP contribution is -2.26. The number of hydrogen-bond acceptors (Lipinski definition) is 4. The lowest BCUT2D eigenvalue weighted by molar-refractivity contribution is 0.192. The van der Waals surface area contributed by atoms with Crippen LogP contribution in [0.3, 0.4) is 0 Å². The molecule has 1 fully saturated rings. The van der Waals surface area contributed by atoms with Gasteiger partial charge < -0.3 is 10.4 Å². The molecular weight excluding hydrogens is 240 g/mol.